The molecule has 0 spiro atoms. The summed E-state index contributed by atoms with van der Waals surface area (Å²) in [6.07, 6.45) is -1.51. The second kappa shape index (κ2) is 7.46. The number of carbonyl (C=O) groups excluding carboxylic acids is 2. The number of hydrogen-bond acceptors (Lipinski definition) is 4. The molecule has 2 aromatic rings. The summed E-state index contributed by atoms with van der Waals surface area (Å²) in [4.78, 5) is 40.7. The summed E-state index contributed by atoms with van der Waals surface area (Å²) in [6, 6.07) is 12.2. The number of β-amino-alcohol motifs (C(OH)–C–C–N with tert-alkyl or cyclic N) is 1. The third-order valence-electron chi connectivity index (χ3n) is 5.60. The average molecular weight is 409 g/mol. The number of benzene rings is 2. The molecule has 0 aliphatic carbocycles. The third kappa shape index (κ3) is 3.39. The molecule has 2 aliphatic rings. The van der Waals surface area contributed by atoms with Crippen LogP contribution in [0.3, 0.4) is 0 Å². The van der Waals surface area contributed by atoms with E-state index in [1.165, 1.54) is 11.8 Å². The van der Waals surface area contributed by atoms with Crippen molar-refractivity contribution in [2.45, 2.75) is 26.0 Å². The van der Waals surface area contributed by atoms with Gasteiger partial charge in [-0.1, -0.05) is 18.2 Å². The minimum absolute atomic E-state index is 0.125. The molecule has 2 aliphatic heterocycles. The minimum atomic E-state index is -1.07. The maximum absolute atomic E-state index is 12.4. The van der Waals surface area contributed by atoms with E-state index >= 15 is 0 Å². The zero-order valence-electron chi connectivity index (χ0n) is 16.8. The van der Waals surface area contributed by atoms with Gasteiger partial charge in [0, 0.05) is 32.1 Å². The maximum Gasteiger partial charge on any atom is 0.411 e. The Morgan fingerprint density at radius 2 is 1.57 bits per heavy atom. The van der Waals surface area contributed by atoms with E-state index in [2.05, 4.69) is 0 Å². The Bertz CT molecular complexity index is 1010. The Morgan fingerprint density at radius 3 is 2.13 bits per heavy atom. The third-order valence-corrected chi connectivity index (χ3v) is 5.60. The van der Waals surface area contributed by atoms with E-state index in [0.717, 1.165) is 11.1 Å². The lowest BCUT2D eigenvalue weighted by molar-refractivity contribution is -0.117. The molecule has 8 heteroatoms. The van der Waals surface area contributed by atoms with Gasteiger partial charge in [-0.15, -0.1) is 0 Å². The number of rotatable bonds is 2. The van der Waals surface area contributed by atoms with Crippen LogP contribution in [0.25, 0.3) is 11.1 Å². The highest BCUT2D eigenvalue weighted by atomic mass is 16.4. The Labute approximate surface area is 173 Å². The molecule has 2 heterocycles. The molecule has 1 fully saturated rings. The molecule has 0 unspecified atom stereocenters. The lowest BCUT2D eigenvalue weighted by Gasteiger charge is -2.39. The Morgan fingerprint density at radius 1 is 0.933 bits per heavy atom. The number of carboxylic acid groups (broad SMARTS) is 1. The standard InChI is InChI=1S/C22H23N3O5/c1-13-10-24(22(29)30)20-9-17(7-8-19(20)25(13)14(2)26)15-3-5-16(6-4-15)21(28)23-11-18(27)12-23/h3-9,13,18,27H,10-12H2,1-2H3,(H,29,30)/t13-/m0/s1. The smallest absolute Gasteiger partial charge is 0.411 e. The first kappa shape index (κ1) is 19.9. The zero-order chi connectivity index (χ0) is 21.6. The van der Waals surface area contributed by atoms with Gasteiger partial charge in [0.1, 0.15) is 0 Å². The van der Waals surface area contributed by atoms with Gasteiger partial charge < -0.3 is 20.0 Å². The van der Waals surface area contributed by atoms with E-state index in [1.807, 2.05) is 25.1 Å². The molecule has 156 valence electrons. The highest BCUT2D eigenvalue weighted by Gasteiger charge is 2.34. The summed E-state index contributed by atoms with van der Waals surface area (Å²) in [5.41, 5.74) is 3.18. The van der Waals surface area contributed by atoms with Gasteiger partial charge >= 0.3 is 6.09 Å². The van der Waals surface area contributed by atoms with Gasteiger partial charge in [0.25, 0.3) is 5.91 Å². The molecule has 8 nitrogen and oxygen atoms in total. The van der Waals surface area contributed by atoms with Crippen molar-refractivity contribution >= 4 is 29.3 Å². The number of fused-ring (bicyclic) bond motifs is 1. The topological polar surface area (TPSA) is 101 Å². The molecule has 0 radical (unpaired) electrons. The van der Waals surface area contributed by atoms with Crippen LogP contribution in [0, 0.1) is 0 Å². The first-order chi connectivity index (χ1) is 14.3. The number of carbonyl (C=O) groups is 3. The average Bonchev–Trinajstić information content (AvgIpc) is 2.69. The molecular weight excluding hydrogens is 386 g/mol. The fourth-order valence-corrected chi connectivity index (χ4v) is 4.07. The molecule has 0 aromatic heterocycles. The van der Waals surface area contributed by atoms with Crippen molar-refractivity contribution in [3.63, 3.8) is 0 Å². The summed E-state index contributed by atoms with van der Waals surface area (Å²) in [6.45, 7) is 4.18. The second-order valence-corrected chi connectivity index (χ2v) is 7.78. The van der Waals surface area contributed by atoms with E-state index in [9.17, 15) is 24.6 Å². The largest absolute Gasteiger partial charge is 0.465 e. The van der Waals surface area contributed by atoms with Crippen LogP contribution in [0.15, 0.2) is 42.5 Å². The summed E-state index contributed by atoms with van der Waals surface area (Å²) < 4.78 is 0. The van der Waals surface area contributed by atoms with Crippen molar-refractivity contribution in [1.29, 1.82) is 0 Å². The van der Waals surface area contributed by atoms with Crippen LogP contribution in [-0.4, -0.2) is 64.8 Å². The number of amides is 3. The van der Waals surface area contributed by atoms with Crippen molar-refractivity contribution in [3.8, 4) is 11.1 Å². The van der Waals surface area contributed by atoms with E-state index in [4.69, 9.17) is 0 Å². The van der Waals surface area contributed by atoms with Crippen molar-refractivity contribution in [3.05, 3.63) is 48.0 Å². The maximum atomic E-state index is 12.4. The normalized spacial score (nSPS) is 18.6. The first-order valence-electron chi connectivity index (χ1n) is 9.78. The number of likely N-dealkylation sites (tertiary alicyclic amines) is 1. The first-order valence-corrected chi connectivity index (χ1v) is 9.78. The molecule has 0 saturated carbocycles. The molecule has 0 bridgehead atoms. The fraction of sp³-hybridized carbons (Fsp3) is 0.318. The highest BCUT2D eigenvalue weighted by molar-refractivity contribution is 6.03. The van der Waals surface area contributed by atoms with Crippen LogP contribution >= 0.6 is 0 Å². The van der Waals surface area contributed by atoms with Crippen molar-refractivity contribution in [1.82, 2.24) is 4.90 Å². The molecule has 2 N–H and O–H groups in total. The Balaban J connectivity index is 1.66. The predicted molar refractivity (Wildman–Crippen MR) is 112 cm³/mol. The number of aliphatic hydroxyl groups is 1. The van der Waals surface area contributed by atoms with Crippen LogP contribution in [-0.2, 0) is 4.79 Å². The summed E-state index contributed by atoms with van der Waals surface area (Å²) >= 11 is 0. The SMILES string of the molecule is CC(=O)N1c2ccc(-c3ccc(C(=O)N4CC(O)C4)cc3)cc2N(C(=O)O)C[C@@H]1C. The molecular formula is C22H23N3O5. The Hall–Kier alpha value is -3.39. The highest BCUT2D eigenvalue weighted by Crippen LogP contribution is 2.39. The number of nitrogens with zero attached hydrogens (tertiary/aromatic N) is 3. The number of anilines is 2. The Kier molecular flexibility index (Phi) is 4.95. The van der Waals surface area contributed by atoms with Crippen molar-refractivity contribution in [2.75, 3.05) is 29.4 Å². The van der Waals surface area contributed by atoms with Crippen molar-refractivity contribution < 1.29 is 24.6 Å². The molecule has 30 heavy (non-hydrogen) atoms. The van der Waals surface area contributed by atoms with E-state index in [0.29, 0.717) is 30.0 Å². The lowest BCUT2D eigenvalue weighted by Crippen LogP contribution is -2.53. The van der Waals surface area contributed by atoms with Gasteiger partial charge in [-0.05, 0) is 42.3 Å². The minimum Gasteiger partial charge on any atom is -0.465 e. The number of aliphatic hydroxyl groups excluding tert-OH is 1. The fourth-order valence-electron chi connectivity index (χ4n) is 4.07. The lowest BCUT2D eigenvalue weighted by atomic mass is 9.99. The van der Waals surface area contributed by atoms with E-state index in [-0.39, 0.29) is 24.4 Å². The van der Waals surface area contributed by atoms with Crippen molar-refractivity contribution in [2.24, 2.45) is 0 Å². The quantitative estimate of drug-likeness (QED) is 0.793. The van der Waals surface area contributed by atoms with E-state index in [1.54, 1.807) is 34.1 Å². The van der Waals surface area contributed by atoms with Gasteiger partial charge in [-0.2, -0.15) is 0 Å². The number of hydrogen-bond donors (Lipinski definition) is 2. The molecule has 1 saturated heterocycles. The summed E-state index contributed by atoms with van der Waals surface area (Å²) in [5, 5.41) is 19.0. The molecule has 3 amide bonds. The second-order valence-electron chi connectivity index (χ2n) is 7.78. The molecule has 4 rings (SSSR count). The van der Waals surface area contributed by atoms with Gasteiger partial charge in [0.05, 0.1) is 23.5 Å². The van der Waals surface area contributed by atoms with Crippen LogP contribution in [0.4, 0.5) is 16.2 Å². The van der Waals surface area contributed by atoms with Gasteiger partial charge in [-0.25, -0.2) is 4.79 Å². The van der Waals surface area contributed by atoms with Gasteiger partial charge in [0.15, 0.2) is 0 Å². The van der Waals surface area contributed by atoms with Crippen LogP contribution in [0.1, 0.15) is 24.2 Å². The monoisotopic (exact) mass is 409 g/mol. The molecule has 1 atom stereocenters. The van der Waals surface area contributed by atoms with E-state index < -0.39 is 12.2 Å². The molecule has 2 aromatic carbocycles. The van der Waals surface area contributed by atoms with Crippen LogP contribution in [0.5, 0.6) is 0 Å². The predicted octanol–water partition coefficient (Wildman–Crippen LogP) is 2.41. The van der Waals surface area contributed by atoms with Gasteiger partial charge in [0.2, 0.25) is 5.91 Å². The zero-order valence-corrected chi connectivity index (χ0v) is 16.8. The van der Waals surface area contributed by atoms with Crippen LogP contribution < -0.4 is 9.80 Å². The summed E-state index contributed by atoms with van der Waals surface area (Å²) in [7, 11) is 0. The van der Waals surface area contributed by atoms with Gasteiger partial charge in [-0.3, -0.25) is 14.5 Å². The van der Waals surface area contributed by atoms with Crippen LogP contribution in [0.2, 0.25) is 0 Å². The summed E-state index contributed by atoms with van der Waals surface area (Å²) in [5.74, 6) is -0.263.